The minimum absolute atomic E-state index is 0.283. The smallest absolute Gasteiger partial charge is 0.231 e. The van der Waals surface area contributed by atoms with Crippen molar-refractivity contribution in [1.29, 1.82) is 0 Å². The van der Waals surface area contributed by atoms with Gasteiger partial charge in [0.05, 0.1) is 0 Å². The van der Waals surface area contributed by atoms with Crippen LogP contribution in [0.5, 0.6) is 11.5 Å². The molecule has 0 saturated carbocycles. The number of benzene rings is 1. The summed E-state index contributed by atoms with van der Waals surface area (Å²) in [6.07, 6.45) is 0.900. The zero-order chi connectivity index (χ0) is 12.5. The van der Waals surface area contributed by atoms with Gasteiger partial charge in [0.25, 0.3) is 0 Å². The standard InChI is InChI=1S/C13H15N3O2/c1-8(2)5-12-14-13(16-15-12)9-3-4-10-11(6-9)18-7-17-10/h3-4,6,8H,5,7H2,1-2H3,(H,14,15,16). The van der Waals surface area contributed by atoms with Crippen molar-refractivity contribution in [3.63, 3.8) is 0 Å². The number of H-pyrrole nitrogens is 1. The lowest BCUT2D eigenvalue weighted by molar-refractivity contribution is 0.174. The van der Waals surface area contributed by atoms with Gasteiger partial charge in [-0.1, -0.05) is 13.8 Å². The van der Waals surface area contributed by atoms with Crippen molar-refractivity contribution in [2.24, 2.45) is 5.92 Å². The summed E-state index contributed by atoms with van der Waals surface area (Å²) in [5.74, 6) is 3.70. The molecular formula is C13H15N3O2. The molecule has 1 aromatic heterocycles. The molecule has 5 nitrogen and oxygen atoms in total. The van der Waals surface area contributed by atoms with Crippen LogP contribution < -0.4 is 9.47 Å². The molecule has 0 atom stereocenters. The fourth-order valence-corrected chi connectivity index (χ4v) is 1.94. The van der Waals surface area contributed by atoms with Crippen molar-refractivity contribution < 1.29 is 9.47 Å². The van der Waals surface area contributed by atoms with Crippen LogP contribution in [-0.2, 0) is 6.42 Å². The zero-order valence-electron chi connectivity index (χ0n) is 10.4. The van der Waals surface area contributed by atoms with Crippen LogP contribution in [0.4, 0.5) is 0 Å². The van der Waals surface area contributed by atoms with Gasteiger partial charge in [-0.05, 0) is 24.1 Å². The number of aromatic amines is 1. The van der Waals surface area contributed by atoms with Crippen molar-refractivity contribution in [3.8, 4) is 22.9 Å². The topological polar surface area (TPSA) is 60.0 Å². The van der Waals surface area contributed by atoms with Gasteiger partial charge >= 0.3 is 0 Å². The van der Waals surface area contributed by atoms with E-state index in [9.17, 15) is 0 Å². The second kappa shape index (κ2) is 4.33. The van der Waals surface area contributed by atoms with E-state index < -0.39 is 0 Å². The molecule has 0 unspecified atom stereocenters. The molecule has 0 fully saturated rings. The molecule has 0 radical (unpaired) electrons. The van der Waals surface area contributed by atoms with Gasteiger partial charge in [0, 0.05) is 12.0 Å². The van der Waals surface area contributed by atoms with Gasteiger partial charge in [-0.2, -0.15) is 5.10 Å². The minimum atomic E-state index is 0.283. The normalized spacial score (nSPS) is 13.3. The van der Waals surface area contributed by atoms with Crippen LogP contribution in [0.3, 0.4) is 0 Å². The highest BCUT2D eigenvalue weighted by atomic mass is 16.7. The Morgan fingerprint density at radius 2 is 2.11 bits per heavy atom. The first-order chi connectivity index (χ1) is 8.72. The van der Waals surface area contributed by atoms with Gasteiger partial charge in [-0.25, -0.2) is 4.98 Å². The summed E-state index contributed by atoms with van der Waals surface area (Å²) in [5.41, 5.74) is 0.936. The van der Waals surface area contributed by atoms with Crippen LogP contribution in [-0.4, -0.2) is 22.0 Å². The number of nitrogens with zero attached hydrogens (tertiary/aromatic N) is 2. The van der Waals surface area contributed by atoms with Crippen molar-refractivity contribution in [2.45, 2.75) is 20.3 Å². The highest BCUT2D eigenvalue weighted by Gasteiger charge is 2.15. The number of fused-ring (bicyclic) bond motifs is 1. The van der Waals surface area contributed by atoms with E-state index >= 15 is 0 Å². The first-order valence-electron chi connectivity index (χ1n) is 6.03. The summed E-state index contributed by atoms with van der Waals surface area (Å²) in [7, 11) is 0. The second-order valence-corrected chi connectivity index (χ2v) is 4.77. The molecule has 1 aliphatic rings. The summed E-state index contributed by atoms with van der Waals surface area (Å²) in [5, 5.41) is 7.20. The molecule has 2 heterocycles. The van der Waals surface area contributed by atoms with E-state index in [1.807, 2.05) is 18.2 Å². The molecule has 94 valence electrons. The first-order valence-corrected chi connectivity index (χ1v) is 6.03. The molecule has 5 heteroatoms. The number of ether oxygens (including phenoxy) is 2. The maximum Gasteiger partial charge on any atom is 0.231 e. The van der Waals surface area contributed by atoms with E-state index in [0.29, 0.717) is 11.7 Å². The second-order valence-electron chi connectivity index (χ2n) is 4.77. The SMILES string of the molecule is CC(C)Cc1nc(-c2ccc3c(c2)OCO3)n[nH]1. The summed E-state index contributed by atoms with van der Waals surface area (Å²) in [6, 6.07) is 5.73. The lowest BCUT2D eigenvalue weighted by atomic mass is 10.1. The third-order valence-corrected chi connectivity index (χ3v) is 2.76. The van der Waals surface area contributed by atoms with E-state index in [1.165, 1.54) is 0 Å². The predicted molar refractivity (Wildman–Crippen MR) is 66.5 cm³/mol. The van der Waals surface area contributed by atoms with Gasteiger partial charge in [-0.3, -0.25) is 5.10 Å². The monoisotopic (exact) mass is 245 g/mol. The van der Waals surface area contributed by atoms with Crippen molar-refractivity contribution >= 4 is 0 Å². The van der Waals surface area contributed by atoms with E-state index in [-0.39, 0.29) is 6.79 Å². The summed E-state index contributed by atoms with van der Waals surface area (Å²) < 4.78 is 10.6. The van der Waals surface area contributed by atoms with E-state index in [4.69, 9.17) is 9.47 Å². The van der Waals surface area contributed by atoms with Gasteiger partial charge in [0.1, 0.15) is 5.82 Å². The molecule has 0 saturated heterocycles. The molecule has 1 N–H and O–H groups in total. The lowest BCUT2D eigenvalue weighted by Gasteiger charge is -1.99. The molecule has 18 heavy (non-hydrogen) atoms. The van der Waals surface area contributed by atoms with E-state index in [2.05, 4.69) is 29.0 Å². The van der Waals surface area contributed by atoms with Crippen LogP contribution in [0.2, 0.25) is 0 Å². The molecule has 2 aromatic rings. The minimum Gasteiger partial charge on any atom is -0.454 e. The number of nitrogens with one attached hydrogen (secondary N) is 1. The molecule has 1 aliphatic heterocycles. The Morgan fingerprint density at radius 1 is 1.28 bits per heavy atom. The highest BCUT2D eigenvalue weighted by Crippen LogP contribution is 2.34. The fourth-order valence-electron chi connectivity index (χ4n) is 1.94. The molecule has 0 amide bonds. The average molecular weight is 245 g/mol. The number of hydrogen-bond acceptors (Lipinski definition) is 4. The Hall–Kier alpha value is -2.04. The predicted octanol–water partition coefficient (Wildman–Crippen LogP) is 2.40. The Morgan fingerprint density at radius 3 is 2.94 bits per heavy atom. The maximum absolute atomic E-state index is 5.34. The Balaban J connectivity index is 1.88. The summed E-state index contributed by atoms with van der Waals surface area (Å²) in [6.45, 7) is 4.59. The maximum atomic E-state index is 5.34. The Labute approximate surface area is 105 Å². The molecule has 1 aromatic carbocycles. The molecule has 3 rings (SSSR count). The molecular weight excluding hydrogens is 230 g/mol. The van der Waals surface area contributed by atoms with Crippen LogP contribution >= 0.6 is 0 Å². The van der Waals surface area contributed by atoms with Gasteiger partial charge in [0.2, 0.25) is 6.79 Å². The van der Waals surface area contributed by atoms with Crippen molar-refractivity contribution in [1.82, 2.24) is 15.2 Å². The van der Waals surface area contributed by atoms with Crippen LogP contribution in [0.1, 0.15) is 19.7 Å². The Kier molecular flexibility index (Phi) is 2.66. The average Bonchev–Trinajstić information content (AvgIpc) is 2.95. The van der Waals surface area contributed by atoms with Gasteiger partial charge < -0.3 is 9.47 Å². The van der Waals surface area contributed by atoms with Crippen molar-refractivity contribution in [2.75, 3.05) is 6.79 Å². The number of aromatic nitrogens is 3. The summed E-state index contributed by atoms with van der Waals surface area (Å²) in [4.78, 5) is 4.48. The molecule has 0 aliphatic carbocycles. The number of hydrogen-bond donors (Lipinski definition) is 1. The molecule has 0 bridgehead atoms. The third kappa shape index (κ3) is 2.03. The van der Waals surface area contributed by atoms with E-state index in [0.717, 1.165) is 29.3 Å². The van der Waals surface area contributed by atoms with Crippen LogP contribution in [0.15, 0.2) is 18.2 Å². The van der Waals surface area contributed by atoms with Crippen molar-refractivity contribution in [3.05, 3.63) is 24.0 Å². The third-order valence-electron chi connectivity index (χ3n) is 2.76. The lowest BCUT2D eigenvalue weighted by Crippen LogP contribution is -1.95. The van der Waals surface area contributed by atoms with Crippen LogP contribution in [0, 0.1) is 5.92 Å². The van der Waals surface area contributed by atoms with Crippen LogP contribution in [0.25, 0.3) is 11.4 Å². The van der Waals surface area contributed by atoms with Gasteiger partial charge in [-0.15, -0.1) is 0 Å². The zero-order valence-corrected chi connectivity index (χ0v) is 10.4. The largest absolute Gasteiger partial charge is 0.454 e. The first kappa shape index (κ1) is 11.1. The van der Waals surface area contributed by atoms with E-state index in [1.54, 1.807) is 0 Å². The fraction of sp³-hybridized carbons (Fsp3) is 0.385. The summed E-state index contributed by atoms with van der Waals surface area (Å²) >= 11 is 0. The van der Waals surface area contributed by atoms with Gasteiger partial charge in [0.15, 0.2) is 17.3 Å². The molecule has 0 spiro atoms. The Bertz CT molecular complexity index is 563. The number of rotatable bonds is 3. The highest BCUT2D eigenvalue weighted by molar-refractivity contribution is 5.61. The quantitative estimate of drug-likeness (QED) is 0.902.